The second kappa shape index (κ2) is 6.02. The SMILES string of the molecule is CC(O)CO.[Y]. The molecule has 2 N–H and O–H groups in total. The first-order chi connectivity index (χ1) is 2.27. The van der Waals surface area contributed by atoms with Crippen LogP contribution in [0.15, 0.2) is 0 Å². The second-order valence-corrected chi connectivity index (χ2v) is 1.03. The van der Waals surface area contributed by atoms with E-state index in [-0.39, 0.29) is 39.3 Å². The minimum absolute atomic E-state index is 0. The molecule has 3 heteroatoms. The Morgan fingerprint density at radius 1 is 1.67 bits per heavy atom. The van der Waals surface area contributed by atoms with Crippen molar-refractivity contribution in [2.75, 3.05) is 6.61 Å². The van der Waals surface area contributed by atoms with E-state index < -0.39 is 6.10 Å². The van der Waals surface area contributed by atoms with Gasteiger partial charge in [0, 0.05) is 32.7 Å². The molecule has 0 aliphatic heterocycles. The molecule has 0 aromatic carbocycles. The molecular formula is C3H8O2Y. The van der Waals surface area contributed by atoms with Crippen molar-refractivity contribution in [1.29, 1.82) is 0 Å². The van der Waals surface area contributed by atoms with E-state index in [1.54, 1.807) is 0 Å². The maximum atomic E-state index is 8.11. The van der Waals surface area contributed by atoms with Crippen LogP contribution in [0.3, 0.4) is 0 Å². The first-order valence-electron chi connectivity index (χ1n) is 1.56. The maximum Gasteiger partial charge on any atom is 0.0742 e. The zero-order chi connectivity index (χ0) is 4.28. The van der Waals surface area contributed by atoms with E-state index in [1.807, 2.05) is 0 Å². The van der Waals surface area contributed by atoms with Crippen LogP contribution < -0.4 is 0 Å². The van der Waals surface area contributed by atoms with Gasteiger partial charge in [-0.3, -0.25) is 0 Å². The zero-order valence-corrected chi connectivity index (χ0v) is 6.59. The van der Waals surface area contributed by atoms with Gasteiger partial charge in [0.25, 0.3) is 0 Å². The van der Waals surface area contributed by atoms with Crippen molar-refractivity contribution in [2.24, 2.45) is 0 Å². The summed E-state index contributed by atoms with van der Waals surface area (Å²) < 4.78 is 0. The summed E-state index contributed by atoms with van der Waals surface area (Å²) in [7, 11) is 0. The molecule has 1 atom stereocenters. The van der Waals surface area contributed by atoms with Crippen molar-refractivity contribution in [3.8, 4) is 0 Å². The predicted molar refractivity (Wildman–Crippen MR) is 18.8 cm³/mol. The molecule has 35 valence electrons. The molecule has 0 heterocycles. The molecule has 1 unspecified atom stereocenters. The van der Waals surface area contributed by atoms with Crippen molar-refractivity contribution >= 4 is 0 Å². The fourth-order valence-corrected chi connectivity index (χ4v) is 0. The van der Waals surface area contributed by atoms with Crippen LogP contribution in [0.4, 0.5) is 0 Å². The molecule has 0 rings (SSSR count). The van der Waals surface area contributed by atoms with Gasteiger partial charge in [0.2, 0.25) is 0 Å². The normalized spacial score (nSPS) is 12.5. The van der Waals surface area contributed by atoms with Gasteiger partial charge in [-0.1, -0.05) is 0 Å². The Balaban J connectivity index is 0. The fourth-order valence-electron chi connectivity index (χ4n) is 0. The Kier molecular flexibility index (Phi) is 10.1. The van der Waals surface area contributed by atoms with E-state index in [0.29, 0.717) is 0 Å². The summed E-state index contributed by atoms with van der Waals surface area (Å²) in [6.07, 6.45) is -0.560. The van der Waals surface area contributed by atoms with Crippen LogP contribution in [0.5, 0.6) is 0 Å². The van der Waals surface area contributed by atoms with E-state index in [0.717, 1.165) is 0 Å². The monoisotopic (exact) mass is 165 g/mol. The minimum atomic E-state index is -0.560. The molecule has 0 spiro atoms. The number of hydrogen-bond donors (Lipinski definition) is 2. The van der Waals surface area contributed by atoms with Gasteiger partial charge in [0.1, 0.15) is 0 Å². The van der Waals surface area contributed by atoms with E-state index in [1.165, 1.54) is 6.92 Å². The average Bonchev–Trinajstić information content (AvgIpc) is 1.38. The Morgan fingerprint density at radius 3 is 1.83 bits per heavy atom. The smallest absolute Gasteiger partial charge is 0.0742 e. The molecule has 0 saturated carbocycles. The molecule has 1 radical (unpaired) electrons. The summed E-state index contributed by atoms with van der Waals surface area (Å²) in [5.41, 5.74) is 0. The van der Waals surface area contributed by atoms with Crippen molar-refractivity contribution < 1.29 is 42.9 Å². The molecule has 0 bridgehead atoms. The Labute approximate surface area is 62.4 Å². The average molecular weight is 165 g/mol. The maximum absolute atomic E-state index is 8.11. The number of rotatable bonds is 1. The third-order valence-electron chi connectivity index (χ3n) is 0.264. The second-order valence-electron chi connectivity index (χ2n) is 1.03. The van der Waals surface area contributed by atoms with Crippen LogP contribution in [0.1, 0.15) is 6.92 Å². The summed E-state index contributed by atoms with van der Waals surface area (Å²) in [4.78, 5) is 0. The summed E-state index contributed by atoms with van der Waals surface area (Å²) >= 11 is 0. The van der Waals surface area contributed by atoms with Gasteiger partial charge in [0.15, 0.2) is 0 Å². The molecule has 2 nitrogen and oxygen atoms in total. The summed E-state index contributed by atoms with van der Waals surface area (Å²) in [5.74, 6) is 0. The Hall–Kier alpha value is 1.02. The topological polar surface area (TPSA) is 40.5 Å². The van der Waals surface area contributed by atoms with E-state index in [2.05, 4.69) is 0 Å². The van der Waals surface area contributed by atoms with Crippen molar-refractivity contribution in [1.82, 2.24) is 0 Å². The van der Waals surface area contributed by atoms with Gasteiger partial charge in [-0.2, -0.15) is 0 Å². The van der Waals surface area contributed by atoms with Crippen LogP contribution in [-0.2, 0) is 32.7 Å². The van der Waals surface area contributed by atoms with E-state index in [4.69, 9.17) is 10.2 Å². The Bertz CT molecular complexity index is 22.8. The molecule has 0 aliphatic carbocycles. The van der Waals surface area contributed by atoms with Crippen molar-refractivity contribution in [3.05, 3.63) is 0 Å². The van der Waals surface area contributed by atoms with Gasteiger partial charge in [-0.15, -0.1) is 0 Å². The van der Waals surface area contributed by atoms with Crippen molar-refractivity contribution in [3.63, 3.8) is 0 Å². The van der Waals surface area contributed by atoms with Gasteiger partial charge in [-0.25, -0.2) is 0 Å². The van der Waals surface area contributed by atoms with Gasteiger partial charge in [-0.05, 0) is 6.92 Å². The van der Waals surface area contributed by atoms with Crippen LogP contribution in [-0.4, -0.2) is 22.9 Å². The predicted octanol–water partition coefficient (Wildman–Crippen LogP) is -0.643. The standard InChI is InChI=1S/C3H8O2.Y/c1-3(5)2-4;/h3-5H,2H2,1H3;. The quantitative estimate of drug-likeness (QED) is 0.542. The molecule has 0 saturated heterocycles. The van der Waals surface area contributed by atoms with Crippen LogP contribution in [0.2, 0.25) is 0 Å². The third kappa shape index (κ3) is 8.90. The summed E-state index contributed by atoms with van der Waals surface area (Å²) in [6, 6.07) is 0. The van der Waals surface area contributed by atoms with Crippen molar-refractivity contribution in [2.45, 2.75) is 13.0 Å². The zero-order valence-electron chi connectivity index (χ0n) is 3.76. The van der Waals surface area contributed by atoms with Crippen LogP contribution in [0.25, 0.3) is 0 Å². The van der Waals surface area contributed by atoms with E-state index >= 15 is 0 Å². The molecule has 0 aromatic rings. The Morgan fingerprint density at radius 2 is 1.83 bits per heavy atom. The molecule has 0 aliphatic rings. The number of aliphatic hydroxyl groups excluding tert-OH is 2. The van der Waals surface area contributed by atoms with E-state index in [9.17, 15) is 0 Å². The number of aliphatic hydroxyl groups is 2. The summed E-state index contributed by atoms with van der Waals surface area (Å²) in [6.45, 7) is 1.39. The van der Waals surface area contributed by atoms with Gasteiger partial charge >= 0.3 is 0 Å². The summed E-state index contributed by atoms with van der Waals surface area (Å²) in [5, 5.41) is 16.0. The molecule has 0 fully saturated rings. The molecule has 6 heavy (non-hydrogen) atoms. The number of hydrogen-bond acceptors (Lipinski definition) is 2. The van der Waals surface area contributed by atoms with Crippen LogP contribution in [0, 0.1) is 0 Å². The third-order valence-corrected chi connectivity index (χ3v) is 0.264. The van der Waals surface area contributed by atoms with Gasteiger partial charge in [0.05, 0.1) is 12.7 Å². The van der Waals surface area contributed by atoms with Gasteiger partial charge < -0.3 is 10.2 Å². The molecular weight excluding hydrogens is 157 g/mol. The first-order valence-corrected chi connectivity index (χ1v) is 1.56. The van der Waals surface area contributed by atoms with Crippen LogP contribution >= 0.6 is 0 Å². The molecule has 0 aromatic heterocycles. The largest absolute Gasteiger partial charge is 0.394 e. The fraction of sp³-hybridized carbons (Fsp3) is 1.00. The minimum Gasteiger partial charge on any atom is -0.394 e. The molecule has 0 amide bonds. The first kappa shape index (κ1) is 10.1.